The Bertz CT molecular complexity index is 1100. The van der Waals surface area contributed by atoms with E-state index in [0.29, 0.717) is 24.6 Å². The highest BCUT2D eigenvalue weighted by molar-refractivity contribution is 7.99. The number of hydrogen-bond acceptors (Lipinski definition) is 7. The first kappa shape index (κ1) is 27.7. The maximum absolute atomic E-state index is 11.4. The number of piperazine rings is 1. The number of halogens is 1. The number of fused-ring (bicyclic) bond motifs is 2. The van der Waals surface area contributed by atoms with Crippen molar-refractivity contribution < 1.29 is 29.3 Å². The number of ether oxygens (including phenoxy) is 1. The van der Waals surface area contributed by atoms with Crippen LogP contribution in [0.4, 0.5) is 0 Å². The molecule has 1 unspecified atom stereocenters. The van der Waals surface area contributed by atoms with E-state index < -0.39 is 11.9 Å². The normalized spacial score (nSPS) is 17.8. The highest BCUT2D eigenvalue weighted by Gasteiger charge is 2.30. The zero-order valence-electron chi connectivity index (χ0n) is 19.9. The number of nitrogens with zero attached hydrogens (tertiary/aromatic N) is 2. The first-order chi connectivity index (χ1) is 17.3. The van der Waals surface area contributed by atoms with Crippen LogP contribution >= 0.6 is 23.4 Å². The Labute approximate surface area is 219 Å². The van der Waals surface area contributed by atoms with Gasteiger partial charge < -0.3 is 19.8 Å². The van der Waals surface area contributed by atoms with Gasteiger partial charge in [-0.3, -0.25) is 9.69 Å². The van der Waals surface area contributed by atoms with Crippen molar-refractivity contribution in [2.75, 3.05) is 39.8 Å². The molecule has 2 aromatic carbocycles. The van der Waals surface area contributed by atoms with Crippen molar-refractivity contribution in [1.29, 1.82) is 0 Å². The van der Waals surface area contributed by atoms with E-state index in [1.165, 1.54) is 28.0 Å². The lowest BCUT2D eigenvalue weighted by Gasteiger charge is -2.39. The molecule has 1 atom stereocenters. The van der Waals surface area contributed by atoms with Crippen LogP contribution in [0, 0.1) is 0 Å². The Hall–Kier alpha value is -2.85. The van der Waals surface area contributed by atoms with E-state index in [1.54, 1.807) is 0 Å². The van der Waals surface area contributed by atoms with Crippen LogP contribution < -0.4 is 0 Å². The molecule has 0 spiro atoms. The Balaban J connectivity index is 0.000000392. The third-order valence-corrected chi connectivity index (χ3v) is 7.46. The molecule has 36 heavy (non-hydrogen) atoms. The molecular weight excluding hydrogens is 504 g/mol. The summed E-state index contributed by atoms with van der Waals surface area (Å²) in [5, 5.41) is 16.4. The fourth-order valence-electron chi connectivity index (χ4n) is 4.20. The van der Waals surface area contributed by atoms with E-state index in [9.17, 15) is 14.4 Å². The van der Waals surface area contributed by atoms with Crippen LogP contribution in [-0.2, 0) is 25.5 Å². The maximum atomic E-state index is 11.4. The lowest BCUT2D eigenvalue weighted by Crippen LogP contribution is -2.48. The summed E-state index contributed by atoms with van der Waals surface area (Å²) in [7, 11) is 1.45. The summed E-state index contributed by atoms with van der Waals surface area (Å²) in [5.74, 6) is -2.65. The van der Waals surface area contributed by atoms with Gasteiger partial charge in [0.25, 0.3) is 0 Å². The number of carboxylic acids is 2. The third-order valence-electron chi connectivity index (χ3n) is 6.01. The second-order valence-electron chi connectivity index (χ2n) is 8.33. The van der Waals surface area contributed by atoms with Gasteiger partial charge in [0.15, 0.2) is 0 Å². The first-order valence-electron chi connectivity index (χ1n) is 11.5. The maximum Gasteiger partial charge on any atom is 0.328 e. The van der Waals surface area contributed by atoms with E-state index >= 15 is 0 Å². The largest absolute Gasteiger partial charge is 0.478 e. The van der Waals surface area contributed by atoms with Crippen LogP contribution in [0.3, 0.4) is 0 Å². The lowest BCUT2D eigenvalue weighted by atomic mass is 9.96. The molecule has 10 heteroatoms. The highest BCUT2D eigenvalue weighted by Crippen LogP contribution is 2.43. The number of carbonyl (C=O) groups is 3. The van der Waals surface area contributed by atoms with E-state index in [2.05, 4.69) is 46.2 Å². The predicted molar refractivity (Wildman–Crippen MR) is 138 cm³/mol. The van der Waals surface area contributed by atoms with Crippen molar-refractivity contribution in [3.8, 4) is 0 Å². The highest BCUT2D eigenvalue weighted by atomic mass is 35.5. The Morgan fingerprint density at radius 3 is 2.33 bits per heavy atom. The minimum absolute atomic E-state index is 0.136. The first-order valence-corrected chi connectivity index (χ1v) is 12.7. The molecule has 4 rings (SSSR count). The molecular formula is C26H29ClN2O6S. The molecule has 2 aliphatic heterocycles. The number of carbonyl (C=O) groups excluding carboxylic acids is 1. The Morgan fingerprint density at radius 2 is 1.69 bits per heavy atom. The van der Waals surface area contributed by atoms with Crippen molar-refractivity contribution in [1.82, 2.24) is 9.80 Å². The van der Waals surface area contributed by atoms with Crippen LogP contribution in [0.5, 0.6) is 0 Å². The SMILES string of the molecule is COC(=O)CCN1CCN(C2Cc3ccccc3Sc3ccc(Cl)cc32)CC1.O=C(O)/C=C\C(=O)O. The number of benzene rings is 2. The fourth-order valence-corrected chi connectivity index (χ4v) is 5.50. The van der Waals surface area contributed by atoms with Gasteiger partial charge >= 0.3 is 17.9 Å². The minimum Gasteiger partial charge on any atom is -0.478 e. The summed E-state index contributed by atoms with van der Waals surface area (Å²) in [5.41, 5.74) is 2.73. The Morgan fingerprint density at radius 1 is 1.03 bits per heavy atom. The molecule has 192 valence electrons. The lowest BCUT2D eigenvalue weighted by molar-refractivity contribution is -0.141. The molecule has 0 saturated carbocycles. The second kappa shape index (κ2) is 13.5. The summed E-state index contributed by atoms with van der Waals surface area (Å²) >= 11 is 8.22. The molecule has 2 aromatic rings. The molecule has 0 radical (unpaired) electrons. The fraction of sp³-hybridized carbons (Fsp3) is 0.346. The van der Waals surface area contributed by atoms with Crippen molar-refractivity contribution in [3.63, 3.8) is 0 Å². The van der Waals surface area contributed by atoms with E-state index in [1.807, 2.05) is 17.8 Å². The molecule has 2 aliphatic rings. The topological polar surface area (TPSA) is 107 Å². The van der Waals surface area contributed by atoms with Gasteiger partial charge in [-0.05, 0) is 41.8 Å². The number of methoxy groups -OCH3 is 1. The van der Waals surface area contributed by atoms with E-state index in [-0.39, 0.29) is 5.97 Å². The third kappa shape index (κ3) is 8.09. The van der Waals surface area contributed by atoms with Gasteiger partial charge in [0.1, 0.15) is 0 Å². The number of aliphatic carboxylic acids is 2. The van der Waals surface area contributed by atoms with Gasteiger partial charge in [0.2, 0.25) is 0 Å². The van der Waals surface area contributed by atoms with Gasteiger partial charge in [-0.15, -0.1) is 0 Å². The van der Waals surface area contributed by atoms with Gasteiger partial charge in [0.05, 0.1) is 13.5 Å². The smallest absolute Gasteiger partial charge is 0.328 e. The van der Waals surface area contributed by atoms with Crippen LogP contribution in [0.25, 0.3) is 0 Å². The molecule has 2 heterocycles. The number of carboxylic acid groups (broad SMARTS) is 2. The molecule has 1 fully saturated rings. The summed E-state index contributed by atoms with van der Waals surface area (Å²) in [6.45, 7) is 4.69. The molecule has 1 saturated heterocycles. The van der Waals surface area contributed by atoms with Gasteiger partial charge in [-0.2, -0.15) is 0 Å². The van der Waals surface area contributed by atoms with Crippen molar-refractivity contribution in [2.24, 2.45) is 0 Å². The van der Waals surface area contributed by atoms with Crippen LogP contribution in [0.1, 0.15) is 23.6 Å². The van der Waals surface area contributed by atoms with E-state index in [0.717, 1.165) is 44.2 Å². The zero-order valence-corrected chi connectivity index (χ0v) is 21.5. The number of esters is 1. The average molecular weight is 533 g/mol. The van der Waals surface area contributed by atoms with E-state index in [4.69, 9.17) is 26.6 Å². The van der Waals surface area contributed by atoms with Crippen LogP contribution in [0.2, 0.25) is 5.02 Å². The van der Waals surface area contributed by atoms with Gasteiger partial charge in [-0.25, -0.2) is 9.59 Å². The number of rotatable bonds is 6. The molecule has 0 aliphatic carbocycles. The quantitative estimate of drug-likeness (QED) is 0.422. The average Bonchev–Trinajstić information content (AvgIpc) is 3.03. The second-order valence-corrected chi connectivity index (χ2v) is 9.85. The molecule has 8 nitrogen and oxygen atoms in total. The number of hydrogen-bond donors (Lipinski definition) is 2. The standard InChI is InChI=1S/C22H25ClN2O2S.C4H4O4/c1-27-22(26)8-9-24-10-12-25(13-11-24)19-14-16-4-2-3-5-20(16)28-21-7-6-17(23)15-18(19)21;5-3(6)1-2-4(7)8/h2-7,15,19H,8-14H2,1H3;1-2H,(H,5,6)(H,7,8)/b;2-1-. The van der Waals surface area contributed by atoms with Crippen molar-refractivity contribution in [2.45, 2.75) is 28.7 Å². The molecule has 0 bridgehead atoms. The Kier molecular flexibility index (Phi) is 10.4. The summed E-state index contributed by atoms with van der Waals surface area (Å²) in [6, 6.07) is 15.3. The monoisotopic (exact) mass is 532 g/mol. The molecule has 0 amide bonds. The summed E-state index contributed by atoms with van der Waals surface area (Å²) < 4.78 is 4.76. The van der Waals surface area contributed by atoms with Gasteiger partial charge in [-0.1, -0.05) is 41.6 Å². The van der Waals surface area contributed by atoms with Crippen molar-refractivity contribution >= 4 is 41.3 Å². The minimum atomic E-state index is -1.26. The van der Waals surface area contributed by atoms with Crippen LogP contribution in [-0.4, -0.2) is 77.8 Å². The molecule has 2 N–H and O–H groups in total. The van der Waals surface area contributed by atoms with Crippen LogP contribution in [0.15, 0.2) is 64.4 Å². The molecule has 0 aromatic heterocycles. The zero-order chi connectivity index (χ0) is 26.1. The predicted octanol–water partition coefficient (Wildman–Crippen LogP) is 3.98. The summed E-state index contributed by atoms with van der Waals surface area (Å²) in [6.07, 6.45) is 2.58. The summed E-state index contributed by atoms with van der Waals surface area (Å²) in [4.78, 5) is 38.1. The van der Waals surface area contributed by atoms with Gasteiger partial charge in [0, 0.05) is 65.7 Å². The van der Waals surface area contributed by atoms with Crippen molar-refractivity contribution in [3.05, 3.63) is 70.8 Å².